The highest BCUT2D eigenvalue weighted by Crippen LogP contribution is 2.39. The maximum atomic E-state index is 13.2. The first-order valence-corrected chi connectivity index (χ1v) is 16.0. The number of halogens is 1. The van der Waals surface area contributed by atoms with Crippen LogP contribution in [0.4, 0.5) is 11.4 Å². The van der Waals surface area contributed by atoms with E-state index < -0.39 is 34.8 Å². The van der Waals surface area contributed by atoms with Crippen LogP contribution < -0.4 is 14.4 Å². The van der Waals surface area contributed by atoms with Gasteiger partial charge in [0.15, 0.2) is 5.76 Å². The van der Waals surface area contributed by atoms with Crippen molar-refractivity contribution >= 4 is 57.1 Å². The molecule has 4 rings (SSSR count). The molecule has 3 aromatic carbocycles. The van der Waals surface area contributed by atoms with Crippen LogP contribution in [0.2, 0.25) is 5.02 Å². The Hall–Kier alpha value is -3.86. The first-order valence-electron chi connectivity index (χ1n) is 14.6. The third kappa shape index (κ3) is 7.87. The minimum atomic E-state index is -2.72. The van der Waals surface area contributed by atoms with E-state index in [9.17, 15) is 18.4 Å². The molecule has 9 nitrogen and oxygen atoms in total. The molecule has 1 aromatic heterocycles. The molecule has 0 aliphatic rings. The number of anilines is 2. The number of benzene rings is 3. The molecule has 0 bridgehead atoms. The Morgan fingerprint density at radius 2 is 1.53 bits per heavy atom. The second kappa shape index (κ2) is 13.6. The van der Waals surface area contributed by atoms with Crippen molar-refractivity contribution in [3.05, 3.63) is 77.0 Å². The van der Waals surface area contributed by atoms with E-state index >= 15 is 0 Å². The van der Waals surface area contributed by atoms with E-state index in [1.54, 1.807) is 90.1 Å². The Kier molecular flexibility index (Phi) is 10.3. The van der Waals surface area contributed by atoms with Crippen molar-refractivity contribution in [2.45, 2.75) is 73.1 Å². The van der Waals surface area contributed by atoms with Gasteiger partial charge < -0.3 is 23.8 Å². The molecule has 0 aliphatic carbocycles. The molecule has 1 heterocycles. The van der Waals surface area contributed by atoms with Gasteiger partial charge in [0.05, 0.1) is 16.5 Å². The molecule has 1 N–H and O–H groups in total. The van der Waals surface area contributed by atoms with Crippen LogP contribution in [-0.4, -0.2) is 38.4 Å². The fourth-order valence-electron chi connectivity index (χ4n) is 4.92. The van der Waals surface area contributed by atoms with Crippen LogP contribution in [0, 0.1) is 12.8 Å². The van der Waals surface area contributed by atoms with Crippen molar-refractivity contribution in [2.24, 2.45) is 5.92 Å². The minimum Gasteiger partial charge on any atom is -0.755 e. The number of ether oxygens (including phenoxy) is 2. The Morgan fingerprint density at radius 1 is 0.956 bits per heavy atom. The number of hydrogen-bond donors (Lipinski definition) is 1. The average Bonchev–Trinajstić information content (AvgIpc) is 3.28. The molecule has 11 heteroatoms. The van der Waals surface area contributed by atoms with Gasteiger partial charge in [-0.1, -0.05) is 49.7 Å². The second-order valence-electron chi connectivity index (χ2n) is 12.3. The molecule has 0 saturated heterocycles. The van der Waals surface area contributed by atoms with Crippen LogP contribution in [0.1, 0.15) is 64.6 Å². The largest absolute Gasteiger partial charge is 0.755 e. The molecule has 2 atom stereocenters. The summed E-state index contributed by atoms with van der Waals surface area (Å²) in [6, 6.07) is 16.4. The van der Waals surface area contributed by atoms with Gasteiger partial charge in [0.25, 0.3) is 5.91 Å². The van der Waals surface area contributed by atoms with Crippen molar-refractivity contribution in [2.75, 3.05) is 9.62 Å². The summed E-state index contributed by atoms with van der Waals surface area (Å²) in [5.41, 5.74) is 2.91. The van der Waals surface area contributed by atoms with Gasteiger partial charge in [-0.3, -0.25) is 13.3 Å². The molecular formula is C34H38ClN2O7S-. The minimum absolute atomic E-state index is 0.113. The summed E-state index contributed by atoms with van der Waals surface area (Å²) in [5, 5.41) is 3.97. The topological polar surface area (TPSA) is 121 Å². The predicted molar refractivity (Wildman–Crippen MR) is 177 cm³/mol. The smallest absolute Gasteiger partial charge is 0.330 e. The zero-order chi connectivity index (χ0) is 33.2. The number of hydrogen-bond acceptors (Lipinski definition) is 7. The van der Waals surface area contributed by atoms with Crippen LogP contribution in [0.15, 0.2) is 65.1 Å². The molecule has 0 aliphatic heterocycles. The summed E-state index contributed by atoms with van der Waals surface area (Å²) in [4.78, 5) is 26.1. The third-order valence-corrected chi connectivity index (χ3v) is 7.91. The summed E-state index contributed by atoms with van der Waals surface area (Å²) in [6.07, 6.45) is -0.113. The zero-order valence-corrected chi connectivity index (χ0v) is 28.2. The summed E-state index contributed by atoms with van der Waals surface area (Å²) in [7, 11) is 0. The van der Waals surface area contributed by atoms with Crippen molar-refractivity contribution in [3.8, 4) is 16.9 Å². The number of fused-ring (bicyclic) bond motifs is 1. The first kappa shape index (κ1) is 34.0. The normalized spacial score (nSPS) is 13.2. The molecule has 4 aromatic rings. The van der Waals surface area contributed by atoms with Crippen molar-refractivity contribution < 1.29 is 32.2 Å². The van der Waals surface area contributed by atoms with Gasteiger partial charge in [-0.15, -0.1) is 0 Å². The maximum Gasteiger partial charge on any atom is 0.330 e. The second-order valence-corrected chi connectivity index (χ2v) is 13.6. The fourth-order valence-corrected chi connectivity index (χ4v) is 5.93. The molecule has 0 spiro atoms. The van der Waals surface area contributed by atoms with E-state index in [0.717, 1.165) is 15.4 Å². The van der Waals surface area contributed by atoms with Gasteiger partial charge in [0.1, 0.15) is 23.0 Å². The van der Waals surface area contributed by atoms with Crippen LogP contribution in [0.25, 0.3) is 22.1 Å². The fraction of sp³-hybridized carbons (Fsp3) is 0.353. The highest BCUT2D eigenvalue weighted by molar-refractivity contribution is 7.80. The lowest BCUT2D eigenvalue weighted by atomic mass is 10.0. The SMILES string of the molecule is Cc1c(C(=O)Nc2ccc(-c3ccc(N(C(C(=O)OC(C)(C)C)C(C)C)S(=O)[O-])cc3)cc2)oc2ccc(Cl)c(OC(C)C)c12. The Balaban J connectivity index is 1.53. The summed E-state index contributed by atoms with van der Waals surface area (Å²) < 4.78 is 43.0. The summed E-state index contributed by atoms with van der Waals surface area (Å²) in [6.45, 7) is 14.3. The number of carbonyl (C=O) groups excluding carboxylic acids is 2. The van der Waals surface area contributed by atoms with Crippen molar-refractivity contribution in [3.63, 3.8) is 0 Å². The van der Waals surface area contributed by atoms with E-state index in [4.69, 9.17) is 25.5 Å². The highest BCUT2D eigenvalue weighted by Gasteiger charge is 2.34. The maximum absolute atomic E-state index is 13.2. The van der Waals surface area contributed by atoms with Gasteiger partial charge in [-0.05, 0) is 95.0 Å². The highest BCUT2D eigenvalue weighted by atomic mass is 35.5. The van der Waals surface area contributed by atoms with Crippen LogP contribution >= 0.6 is 11.6 Å². The van der Waals surface area contributed by atoms with Gasteiger partial charge in [0.2, 0.25) is 0 Å². The number of carbonyl (C=O) groups is 2. The van der Waals surface area contributed by atoms with E-state index in [2.05, 4.69) is 5.32 Å². The van der Waals surface area contributed by atoms with Crippen molar-refractivity contribution in [1.82, 2.24) is 0 Å². The lowest BCUT2D eigenvalue weighted by molar-refractivity contribution is -0.157. The van der Waals surface area contributed by atoms with Crippen LogP contribution in [-0.2, 0) is 20.8 Å². The predicted octanol–water partition coefficient (Wildman–Crippen LogP) is 8.07. The molecule has 240 valence electrons. The van der Waals surface area contributed by atoms with Gasteiger partial charge in [-0.25, -0.2) is 4.79 Å². The standard InChI is InChI=1S/C34H39ClN2O7S/c1-19(2)29(33(39)44-34(6,7)8)37(45(40)41)25-15-11-23(12-16-25)22-9-13-24(14-10-22)36-32(38)30-21(5)28-27(43-30)18-17-26(35)31(28)42-20(3)4/h9-20,29H,1-8H3,(H,36,38)(H,40,41)/p-1. The van der Waals surface area contributed by atoms with E-state index in [-0.39, 0.29) is 17.8 Å². The van der Waals surface area contributed by atoms with Crippen molar-refractivity contribution in [1.29, 1.82) is 0 Å². The summed E-state index contributed by atoms with van der Waals surface area (Å²) >= 11 is 3.66. The lowest BCUT2D eigenvalue weighted by Gasteiger charge is -2.36. The number of esters is 1. The van der Waals surface area contributed by atoms with Gasteiger partial charge in [-0.2, -0.15) is 0 Å². The number of aryl methyl sites for hydroxylation is 1. The Labute approximate surface area is 271 Å². The van der Waals surface area contributed by atoms with Gasteiger partial charge >= 0.3 is 5.97 Å². The van der Waals surface area contributed by atoms with E-state index in [1.165, 1.54) is 0 Å². The molecular weight excluding hydrogens is 616 g/mol. The number of rotatable bonds is 10. The Morgan fingerprint density at radius 3 is 2.04 bits per heavy atom. The summed E-state index contributed by atoms with van der Waals surface area (Å²) in [5.74, 6) is -0.727. The molecule has 1 amide bonds. The molecule has 45 heavy (non-hydrogen) atoms. The molecule has 0 radical (unpaired) electrons. The van der Waals surface area contributed by atoms with E-state index in [0.29, 0.717) is 38.7 Å². The average molecular weight is 654 g/mol. The zero-order valence-electron chi connectivity index (χ0n) is 26.6. The third-order valence-electron chi connectivity index (χ3n) is 6.85. The number of furan rings is 1. The Bertz CT molecular complexity index is 1710. The van der Waals surface area contributed by atoms with Crippen LogP contribution in [0.5, 0.6) is 5.75 Å². The molecule has 0 saturated carbocycles. The quantitative estimate of drug-likeness (QED) is 0.136. The number of amides is 1. The number of nitrogens with one attached hydrogen (secondary N) is 1. The monoisotopic (exact) mass is 653 g/mol. The first-order chi connectivity index (χ1) is 21.1. The van der Waals surface area contributed by atoms with Gasteiger partial charge in [0, 0.05) is 28.2 Å². The molecule has 2 unspecified atom stereocenters. The van der Waals surface area contributed by atoms with E-state index in [1.807, 2.05) is 26.0 Å². The van der Waals surface area contributed by atoms with Crippen LogP contribution in [0.3, 0.4) is 0 Å². The lowest BCUT2D eigenvalue weighted by Crippen LogP contribution is -2.48. The number of nitrogens with zero attached hydrogens (tertiary/aromatic N) is 1. The molecule has 0 fully saturated rings.